The number of hydrogen-bond donors (Lipinski definition) is 1. The standard InChI is InChI=1S/C12H21NO2.C2H6/c1-9(8-10-6-7-10)13-12(14)15-11-4-2-3-5-11;1-2/h9-11H,2-8H2,1H3,(H,13,14);1-2H3. The first kappa shape index (κ1) is 14.3. The van der Waals surface area contributed by atoms with Crippen LogP contribution in [0.2, 0.25) is 0 Å². The second kappa shape index (κ2) is 7.57. The summed E-state index contributed by atoms with van der Waals surface area (Å²) in [4.78, 5) is 11.5. The highest BCUT2D eigenvalue weighted by atomic mass is 16.6. The molecule has 2 aliphatic carbocycles. The van der Waals surface area contributed by atoms with Crippen molar-refractivity contribution < 1.29 is 9.53 Å². The lowest BCUT2D eigenvalue weighted by Crippen LogP contribution is -2.35. The molecule has 0 heterocycles. The molecule has 3 nitrogen and oxygen atoms in total. The van der Waals surface area contributed by atoms with Gasteiger partial charge in [-0.3, -0.25) is 0 Å². The minimum absolute atomic E-state index is 0.179. The van der Waals surface area contributed by atoms with Crippen LogP contribution in [0.3, 0.4) is 0 Å². The third-order valence-corrected chi connectivity index (χ3v) is 3.32. The summed E-state index contributed by atoms with van der Waals surface area (Å²) in [6.45, 7) is 6.06. The molecule has 1 amide bonds. The zero-order valence-corrected chi connectivity index (χ0v) is 11.5. The average Bonchev–Trinajstić information content (AvgIpc) is 2.95. The molecule has 1 unspecified atom stereocenters. The van der Waals surface area contributed by atoms with Crippen LogP contribution in [0, 0.1) is 5.92 Å². The molecule has 0 aromatic rings. The van der Waals surface area contributed by atoms with Crippen LogP contribution in [0.15, 0.2) is 0 Å². The zero-order chi connectivity index (χ0) is 12.7. The van der Waals surface area contributed by atoms with Gasteiger partial charge in [0.2, 0.25) is 0 Å². The molecule has 1 N–H and O–H groups in total. The zero-order valence-electron chi connectivity index (χ0n) is 11.5. The van der Waals surface area contributed by atoms with Gasteiger partial charge in [-0.1, -0.05) is 26.7 Å². The predicted octanol–water partition coefficient (Wildman–Crippen LogP) is 3.87. The van der Waals surface area contributed by atoms with E-state index in [1.807, 2.05) is 13.8 Å². The maximum atomic E-state index is 11.5. The molecule has 2 aliphatic rings. The Balaban J connectivity index is 0.000000686. The Hall–Kier alpha value is -0.730. The highest BCUT2D eigenvalue weighted by molar-refractivity contribution is 5.67. The van der Waals surface area contributed by atoms with Gasteiger partial charge in [-0.15, -0.1) is 0 Å². The normalized spacial score (nSPS) is 21.4. The monoisotopic (exact) mass is 241 g/mol. The fourth-order valence-electron chi connectivity index (χ4n) is 2.31. The number of alkyl carbamates (subject to hydrolysis) is 1. The summed E-state index contributed by atoms with van der Waals surface area (Å²) < 4.78 is 5.33. The summed E-state index contributed by atoms with van der Waals surface area (Å²) in [5.74, 6) is 0.854. The second-order valence-electron chi connectivity index (χ2n) is 5.04. The third-order valence-electron chi connectivity index (χ3n) is 3.32. The Labute approximate surface area is 105 Å². The Morgan fingerprint density at radius 1 is 1.24 bits per heavy atom. The van der Waals surface area contributed by atoms with Crippen molar-refractivity contribution in [2.45, 2.75) is 77.9 Å². The Morgan fingerprint density at radius 2 is 1.82 bits per heavy atom. The maximum absolute atomic E-state index is 11.5. The van der Waals surface area contributed by atoms with Crippen molar-refractivity contribution in [2.75, 3.05) is 0 Å². The van der Waals surface area contributed by atoms with Crippen LogP contribution in [0.1, 0.15) is 65.7 Å². The summed E-state index contributed by atoms with van der Waals surface area (Å²) >= 11 is 0. The van der Waals surface area contributed by atoms with Crippen LogP contribution in [-0.4, -0.2) is 18.2 Å². The molecular formula is C14H27NO2. The van der Waals surface area contributed by atoms with E-state index < -0.39 is 0 Å². The van der Waals surface area contributed by atoms with E-state index in [0.29, 0.717) is 0 Å². The first-order valence-corrected chi connectivity index (χ1v) is 7.21. The van der Waals surface area contributed by atoms with Crippen molar-refractivity contribution in [3.63, 3.8) is 0 Å². The van der Waals surface area contributed by atoms with Gasteiger partial charge in [0, 0.05) is 6.04 Å². The number of carbonyl (C=O) groups is 1. The molecule has 2 fully saturated rings. The van der Waals surface area contributed by atoms with E-state index in [4.69, 9.17) is 4.74 Å². The summed E-state index contributed by atoms with van der Waals surface area (Å²) in [5.41, 5.74) is 0. The Bertz CT molecular complexity index is 220. The molecule has 17 heavy (non-hydrogen) atoms. The van der Waals surface area contributed by atoms with E-state index in [1.165, 1.54) is 25.7 Å². The molecular weight excluding hydrogens is 214 g/mol. The van der Waals surface area contributed by atoms with Crippen molar-refractivity contribution >= 4 is 6.09 Å². The minimum atomic E-state index is -0.213. The Kier molecular flexibility index (Phi) is 6.38. The van der Waals surface area contributed by atoms with Gasteiger partial charge in [0.15, 0.2) is 0 Å². The number of ether oxygens (including phenoxy) is 1. The summed E-state index contributed by atoms with van der Waals surface area (Å²) in [5, 5.41) is 2.92. The van der Waals surface area contributed by atoms with Crippen molar-refractivity contribution in [1.29, 1.82) is 0 Å². The fraction of sp³-hybridized carbons (Fsp3) is 0.929. The Morgan fingerprint density at radius 3 is 2.35 bits per heavy atom. The largest absolute Gasteiger partial charge is 0.446 e. The van der Waals surface area contributed by atoms with Crippen LogP contribution in [-0.2, 0) is 4.74 Å². The van der Waals surface area contributed by atoms with Crippen LogP contribution in [0.25, 0.3) is 0 Å². The number of hydrogen-bond acceptors (Lipinski definition) is 2. The van der Waals surface area contributed by atoms with E-state index >= 15 is 0 Å². The minimum Gasteiger partial charge on any atom is -0.446 e. The number of nitrogens with one attached hydrogen (secondary N) is 1. The smallest absolute Gasteiger partial charge is 0.407 e. The predicted molar refractivity (Wildman–Crippen MR) is 70.0 cm³/mol. The first-order valence-electron chi connectivity index (χ1n) is 7.21. The number of amides is 1. The summed E-state index contributed by atoms with van der Waals surface area (Å²) in [6, 6.07) is 0.270. The van der Waals surface area contributed by atoms with E-state index in [9.17, 15) is 4.79 Å². The maximum Gasteiger partial charge on any atom is 0.407 e. The molecule has 1 atom stereocenters. The van der Waals surface area contributed by atoms with E-state index in [-0.39, 0.29) is 18.2 Å². The highest BCUT2D eigenvalue weighted by Crippen LogP contribution is 2.33. The highest BCUT2D eigenvalue weighted by Gasteiger charge is 2.25. The van der Waals surface area contributed by atoms with E-state index in [0.717, 1.165) is 25.2 Å². The molecule has 0 radical (unpaired) electrons. The molecule has 0 aromatic carbocycles. The molecule has 100 valence electrons. The first-order chi connectivity index (χ1) is 8.24. The van der Waals surface area contributed by atoms with Crippen LogP contribution in [0.5, 0.6) is 0 Å². The number of carbonyl (C=O) groups excluding carboxylic acids is 1. The molecule has 2 rings (SSSR count). The molecule has 0 spiro atoms. The van der Waals surface area contributed by atoms with Gasteiger partial charge in [-0.2, -0.15) is 0 Å². The topological polar surface area (TPSA) is 38.3 Å². The lowest BCUT2D eigenvalue weighted by molar-refractivity contribution is 0.0979. The van der Waals surface area contributed by atoms with Crippen LogP contribution >= 0.6 is 0 Å². The fourth-order valence-corrected chi connectivity index (χ4v) is 2.31. The van der Waals surface area contributed by atoms with E-state index in [1.54, 1.807) is 0 Å². The van der Waals surface area contributed by atoms with Crippen LogP contribution < -0.4 is 5.32 Å². The lowest BCUT2D eigenvalue weighted by atomic mass is 10.2. The van der Waals surface area contributed by atoms with Crippen molar-refractivity contribution in [2.24, 2.45) is 5.92 Å². The lowest BCUT2D eigenvalue weighted by Gasteiger charge is -2.16. The van der Waals surface area contributed by atoms with Gasteiger partial charge in [-0.05, 0) is 44.9 Å². The summed E-state index contributed by atoms with van der Waals surface area (Å²) in [6.07, 6.45) is 8.25. The van der Waals surface area contributed by atoms with Gasteiger partial charge < -0.3 is 10.1 Å². The molecule has 2 saturated carbocycles. The van der Waals surface area contributed by atoms with Crippen molar-refractivity contribution in [1.82, 2.24) is 5.32 Å². The average molecular weight is 241 g/mol. The van der Waals surface area contributed by atoms with Gasteiger partial charge in [0.05, 0.1) is 0 Å². The molecule has 0 aromatic heterocycles. The third kappa shape index (κ3) is 5.94. The van der Waals surface area contributed by atoms with Gasteiger partial charge >= 0.3 is 6.09 Å². The SMILES string of the molecule is CC.CC(CC1CC1)NC(=O)OC1CCCC1. The number of rotatable bonds is 4. The van der Waals surface area contributed by atoms with Gasteiger partial charge in [-0.25, -0.2) is 4.79 Å². The van der Waals surface area contributed by atoms with E-state index in [2.05, 4.69) is 12.2 Å². The second-order valence-corrected chi connectivity index (χ2v) is 5.04. The van der Waals surface area contributed by atoms with Crippen LogP contribution in [0.4, 0.5) is 4.79 Å². The molecule has 0 bridgehead atoms. The van der Waals surface area contributed by atoms with Crippen molar-refractivity contribution in [3.8, 4) is 0 Å². The van der Waals surface area contributed by atoms with Gasteiger partial charge in [0.25, 0.3) is 0 Å². The van der Waals surface area contributed by atoms with Crippen molar-refractivity contribution in [3.05, 3.63) is 0 Å². The summed E-state index contributed by atoms with van der Waals surface area (Å²) in [7, 11) is 0. The molecule has 0 aliphatic heterocycles. The molecule has 0 saturated heterocycles. The quantitative estimate of drug-likeness (QED) is 0.811. The molecule has 3 heteroatoms. The van der Waals surface area contributed by atoms with Gasteiger partial charge in [0.1, 0.15) is 6.10 Å².